The Labute approximate surface area is 220 Å². The SMILES string of the molecule is Cc1cccc(CN(C(=O)COc2ccc(Br)cc2Cl)[C@@H](Cc2ccccc2)C(=O)NC(C)C)c1. The first-order chi connectivity index (χ1) is 16.7. The summed E-state index contributed by atoms with van der Waals surface area (Å²) < 4.78 is 6.60. The van der Waals surface area contributed by atoms with Gasteiger partial charge in [0.15, 0.2) is 6.61 Å². The van der Waals surface area contributed by atoms with Gasteiger partial charge in [-0.2, -0.15) is 0 Å². The maximum Gasteiger partial charge on any atom is 0.261 e. The van der Waals surface area contributed by atoms with Crippen molar-refractivity contribution in [2.24, 2.45) is 0 Å². The molecule has 5 nitrogen and oxygen atoms in total. The fourth-order valence-corrected chi connectivity index (χ4v) is 4.48. The van der Waals surface area contributed by atoms with Crippen LogP contribution in [0.3, 0.4) is 0 Å². The lowest BCUT2D eigenvalue weighted by molar-refractivity contribution is -0.143. The molecule has 184 valence electrons. The molecule has 0 unspecified atom stereocenters. The lowest BCUT2D eigenvalue weighted by Crippen LogP contribution is -2.52. The normalized spacial score (nSPS) is 11.7. The summed E-state index contributed by atoms with van der Waals surface area (Å²) in [6, 6.07) is 22.1. The monoisotopic (exact) mass is 556 g/mol. The number of aryl methyl sites for hydroxylation is 1. The highest BCUT2D eigenvalue weighted by atomic mass is 79.9. The van der Waals surface area contributed by atoms with Crippen LogP contribution in [0.2, 0.25) is 5.02 Å². The summed E-state index contributed by atoms with van der Waals surface area (Å²) in [6.45, 7) is 5.85. The molecule has 1 atom stereocenters. The fraction of sp³-hybridized carbons (Fsp3) is 0.286. The summed E-state index contributed by atoms with van der Waals surface area (Å²) in [7, 11) is 0. The lowest BCUT2D eigenvalue weighted by Gasteiger charge is -2.32. The Hall–Kier alpha value is -2.83. The average molecular weight is 558 g/mol. The van der Waals surface area contributed by atoms with E-state index in [2.05, 4.69) is 21.2 Å². The number of hydrogen-bond acceptors (Lipinski definition) is 3. The second-order valence-electron chi connectivity index (χ2n) is 8.74. The largest absolute Gasteiger partial charge is 0.482 e. The van der Waals surface area contributed by atoms with Crippen molar-refractivity contribution < 1.29 is 14.3 Å². The molecule has 0 aliphatic rings. The van der Waals surface area contributed by atoms with Crippen LogP contribution in [0.15, 0.2) is 77.3 Å². The molecular weight excluding hydrogens is 528 g/mol. The van der Waals surface area contributed by atoms with Crippen molar-refractivity contribution in [3.05, 3.63) is 99.0 Å². The molecule has 0 radical (unpaired) electrons. The molecule has 0 fully saturated rings. The summed E-state index contributed by atoms with van der Waals surface area (Å²) in [5.41, 5.74) is 2.99. The van der Waals surface area contributed by atoms with Gasteiger partial charge in [-0.3, -0.25) is 9.59 Å². The Morgan fingerprint density at radius 1 is 1.00 bits per heavy atom. The highest BCUT2D eigenvalue weighted by Gasteiger charge is 2.31. The van der Waals surface area contributed by atoms with Crippen molar-refractivity contribution in [3.63, 3.8) is 0 Å². The summed E-state index contributed by atoms with van der Waals surface area (Å²) in [5, 5.41) is 3.38. The van der Waals surface area contributed by atoms with Gasteiger partial charge in [0, 0.05) is 23.5 Å². The van der Waals surface area contributed by atoms with E-state index in [1.807, 2.05) is 75.4 Å². The smallest absolute Gasteiger partial charge is 0.261 e. The number of carbonyl (C=O) groups is 2. The van der Waals surface area contributed by atoms with Crippen LogP contribution >= 0.6 is 27.5 Å². The third-order valence-electron chi connectivity index (χ3n) is 5.38. The predicted molar refractivity (Wildman–Crippen MR) is 144 cm³/mol. The molecule has 3 aromatic rings. The van der Waals surface area contributed by atoms with Gasteiger partial charge in [0.25, 0.3) is 5.91 Å². The molecule has 0 aliphatic carbocycles. The number of hydrogen-bond donors (Lipinski definition) is 1. The Morgan fingerprint density at radius 2 is 1.71 bits per heavy atom. The van der Waals surface area contributed by atoms with Gasteiger partial charge in [0.05, 0.1) is 5.02 Å². The summed E-state index contributed by atoms with van der Waals surface area (Å²) >= 11 is 9.64. The van der Waals surface area contributed by atoms with Gasteiger partial charge in [0.1, 0.15) is 11.8 Å². The summed E-state index contributed by atoms with van der Waals surface area (Å²) in [6.07, 6.45) is 0.385. The lowest BCUT2D eigenvalue weighted by atomic mass is 10.0. The minimum Gasteiger partial charge on any atom is -0.482 e. The van der Waals surface area contributed by atoms with E-state index in [0.717, 1.165) is 21.2 Å². The maximum absolute atomic E-state index is 13.6. The van der Waals surface area contributed by atoms with Crippen LogP contribution < -0.4 is 10.1 Å². The number of nitrogens with zero attached hydrogens (tertiary/aromatic N) is 1. The zero-order chi connectivity index (χ0) is 25.4. The van der Waals surface area contributed by atoms with Gasteiger partial charge in [-0.05, 0) is 50.1 Å². The first-order valence-corrected chi connectivity index (χ1v) is 12.7. The van der Waals surface area contributed by atoms with E-state index in [4.69, 9.17) is 16.3 Å². The van der Waals surface area contributed by atoms with Gasteiger partial charge >= 0.3 is 0 Å². The van der Waals surface area contributed by atoms with Crippen LogP contribution in [0.25, 0.3) is 0 Å². The van der Waals surface area contributed by atoms with Crippen molar-refractivity contribution in [3.8, 4) is 5.75 Å². The fourth-order valence-electron chi connectivity index (χ4n) is 3.76. The second-order valence-corrected chi connectivity index (χ2v) is 10.1. The number of benzene rings is 3. The molecule has 0 spiro atoms. The molecule has 7 heteroatoms. The Morgan fingerprint density at radius 3 is 2.37 bits per heavy atom. The zero-order valence-corrected chi connectivity index (χ0v) is 22.5. The highest BCUT2D eigenvalue weighted by Crippen LogP contribution is 2.28. The van der Waals surface area contributed by atoms with E-state index in [-0.39, 0.29) is 31.0 Å². The number of nitrogens with one attached hydrogen (secondary N) is 1. The zero-order valence-electron chi connectivity index (χ0n) is 20.1. The molecule has 35 heavy (non-hydrogen) atoms. The summed E-state index contributed by atoms with van der Waals surface area (Å²) in [5.74, 6) is -0.0955. The molecule has 0 heterocycles. The van der Waals surface area contributed by atoms with Crippen LogP contribution in [-0.4, -0.2) is 35.4 Å². The minimum absolute atomic E-state index is 0.0606. The van der Waals surface area contributed by atoms with Crippen LogP contribution in [0.4, 0.5) is 0 Å². The first-order valence-electron chi connectivity index (χ1n) is 11.5. The van der Waals surface area contributed by atoms with Crippen molar-refractivity contribution in [2.45, 2.75) is 45.8 Å². The van der Waals surface area contributed by atoms with Gasteiger partial charge in [-0.25, -0.2) is 0 Å². The minimum atomic E-state index is -0.711. The van der Waals surface area contributed by atoms with Gasteiger partial charge in [0.2, 0.25) is 5.91 Å². The molecule has 1 N–H and O–H groups in total. The van der Waals surface area contributed by atoms with E-state index < -0.39 is 6.04 Å². The Balaban J connectivity index is 1.92. The van der Waals surface area contributed by atoms with Gasteiger partial charge < -0.3 is 15.0 Å². The van der Waals surface area contributed by atoms with Crippen LogP contribution in [0.5, 0.6) is 5.75 Å². The van der Waals surface area contributed by atoms with Crippen LogP contribution in [0, 0.1) is 6.92 Å². The highest BCUT2D eigenvalue weighted by molar-refractivity contribution is 9.10. The van der Waals surface area contributed by atoms with Gasteiger partial charge in [-0.1, -0.05) is 87.7 Å². The molecular formula is C28H30BrClN2O3. The molecule has 0 saturated carbocycles. The van der Waals surface area contributed by atoms with E-state index in [1.165, 1.54) is 0 Å². The topological polar surface area (TPSA) is 58.6 Å². The number of ether oxygens (including phenoxy) is 1. The average Bonchev–Trinajstić information content (AvgIpc) is 2.81. The van der Waals surface area contributed by atoms with Crippen molar-refractivity contribution in [1.82, 2.24) is 10.2 Å². The van der Waals surface area contributed by atoms with Crippen molar-refractivity contribution in [2.75, 3.05) is 6.61 Å². The van der Waals surface area contributed by atoms with Crippen LogP contribution in [0.1, 0.15) is 30.5 Å². The van der Waals surface area contributed by atoms with Crippen LogP contribution in [-0.2, 0) is 22.6 Å². The standard InChI is InChI=1S/C28H30BrClN2O3/c1-19(2)31-28(34)25(15-21-9-5-4-6-10-21)32(17-22-11-7-8-20(3)14-22)27(33)18-35-26-13-12-23(29)16-24(26)30/h4-14,16,19,25H,15,17-18H2,1-3H3,(H,31,34)/t25-/m0/s1. The van der Waals surface area contributed by atoms with Crippen molar-refractivity contribution >= 4 is 39.3 Å². The molecule has 0 aromatic heterocycles. The third-order valence-corrected chi connectivity index (χ3v) is 6.17. The predicted octanol–water partition coefficient (Wildman–Crippen LogP) is 5.95. The van der Waals surface area contributed by atoms with Gasteiger partial charge in [-0.15, -0.1) is 0 Å². The Bertz CT molecular complexity index is 1150. The maximum atomic E-state index is 13.6. The molecule has 0 saturated heterocycles. The number of rotatable bonds is 10. The molecule has 3 rings (SSSR count). The summed E-state index contributed by atoms with van der Waals surface area (Å²) in [4.78, 5) is 28.5. The molecule has 2 amide bonds. The number of halogens is 2. The van der Waals surface area contributed by atoms with E-state index in [0.29, 0.717) is 17.2 Å². The Kier molecular flexibility index (Phi) is 9.75. The quantitative estimate of drug-likeness (QED) is 0.335. The van der Waals surface area contributed by atoms with Crippen molar-refractivity contribution in [1.29, 1.82) is 0 Å². The first kappa shape index (κ1) is 26.8. The third kappa shape index (κ3) is 8.11. The van der Waals surface area contributed by atoms with E-state index in [9.17, 15) is 9.59 Å². The molecule has 0 aliphatic heterocycles. The van der Waals surface area contributed by atoms with E-state index in [1.54, 1.807) is 23.1 Å². The number of amides is 2. The number of carbonyl (C=O) groups excluding carboxylic acids is 2. The molecule has 3 aromatic carbocycles. The second kappa shape index (κ2) is 12.8. The van der Waals surface area contributed by atoms with E-state index >= 15 is 0 Å². The molecule has 0 bridgehead atoms.